The second-order valence-corrected chi connectivity index (χ2v) is 8.55. The third-order valence-electron chi connectivity index (χ3n) is 6.49. The Morgan fingerprint density at radius 1 is 1.13 bits per heavy atom. The summed E-state index contributed by atoms with van der Waals surface area (Å²) in [5, 5.41) is 3.54. The van der Waals surface area contributed by atoms with E-state index in [2.05, 4.69) is 67.2 Å². The van der Waals surface area contributed by atoms with E-state index in [0.717, 1.165) is 50.9 Å². The summed E-state index contributed by atoms with van der Waals surface area (Å²) in [5.74, 6) is 0.993. The molecule has 1 N–H and O–H groups in total. The van der Waals surface area contributed by atoms with Crippen molar-refractivity contribution in [1.82, 2.24) is 19.8 Å². The molecule has 1 atom stereocenters. The van der Waals surface area contributed by atoms with Gasteiger partial charge in [0, 0.05) is 45.2 Å². The monoisotopic (exact) mass is 531 g/mol. The number of guanidine groups is 1. The highest BCUT2D eigenvalue weighted by molar-refractivity contribution is 14.0. The molecule has 7 heteroatoms. The second kappa shape index (κ2) is 9.56. The molecule has 2 fully saturated rings. The van der Waals surface area contributed by atoms with Crippen molar-refractivity contribution in [2.75, 3.05) is 33.4 Å². The van der Waals surface area contributed by atoms with E-state index in [9.17, 15) is 0 Å². The fourth-order valence-corrected chi connectivity index (χ4v) is 4.70. The van der Waals surface area contributed by atoms with Crippen LogP contribution < -0.4 is 5.32 Å². The number of nitrogens with zero attached hydrogens (tertiary/aromatic N) is 4. The molecule has 3 aromatic rings. The first-order valence-electron chi connectivity index (χ1n) is 10.8. The number of aliphatic imine (C=N–C) groups is 1. The SMILES string of the molecule is CN=C(NCc1ccc(Cn2cnc3ccccc32)cc1)N1CCC2(CCOC2)C1.I. The van der Waals surface area contributed by atoms with E-state index in [1.165, 1.54) is 29.5 Å². The Kier molecular flexibility index (Phi) is 6.81. The third kappa shape index (κ3) is 4.72. The Bertz CT molecular complexity index is 1040. The molecule has 0 radical (unpaired) electrons. The lowest BCUT2D eigenvalue weighted by Gasteiger charge is -2.25. The Morgan fingerprint density at radius 2 is 1.94 bits per heavy atom. The fourth-order valence-electron chi connectivity index (χ4n) is 4.70. The minimum absolute atomic E-state index is 0. The molecule has 0 amide bonds. The minimum Gasteiger partial charge on any atom is -0.381 e. The number of para-hydroxylation sites is 2. The van der Waals surface area contributed by atoms with E-state index < -0.39 is 0 Å². The molecular weight excluding hydrogens is 501 g/mol. The Morgan fingerprint density at radius 3 is 2.71 bits per heavy atom. The molecule has 2 aromatic carbocycles. The van der Waals surface area contributed by atoms with Crippen molar-refractivity contribution in [3.63, 3.8) is 0 Å². The molecule has 3 heterocycles. The van der Waals surface area contributed by atoms with Gasteiger partial charge in [-0.25, -0.2) is 4.98 Å². The standard InChI is InChI=1S/C24H29N5O.HI/c1-25-23(28-12-10-24(16-28)11-13-30-17-24)26-14-19-6-8-20(9-7-19)15-29-18-27-21-4-2-3-5-22(21)29;/h2-9,18H,10-17H2,1H3,(H,25,26);1H. The van der Waals surface area contributed by atoms with E-state index in [-0.39, 0.29) is 24.0 Å². The van der Waals surface area contributed by atoms with E-state index in [0.29, 0.717) is 5.41 Å². The number of hydrogen-bond donors (Lipinski definition) is 1. The van der Waals surface area contributed by atoms with Crippen LogP contribution in [-0.4, -0.2) is 53.8 Å². The molecule has 6 nitrogen and oxygen atoms in total. The van der Waals surface area contributed by atoms with Gasteiger partial charge in [-0.1, -0.05) is 36.4 Å². The molecule has 0 saturated carbocycles. The van der Waals surface area contributed by atoms with Crippen LogP contribution >= 0.6 is 24.0 Å². The van der Waals surface area contributed by atoms with Gasteiger partial charge in [0.2, 0.25) is 0 Å². The van der Waals surface area contributed by atoms with Gasteiger partial charge < -0.3 is 19.5 Å². The maximum atomic E-state index is 5.65. The lowest BCUT2D eigenvalue weighted by atomic mass is 9.87. The van der Waals surface area contributed by atoms with Crippen LogP contribution in [0.5, 0.6) is 0 Å². The van der Waals surface area contributed by atoms with Crippen LogP contribution in [-0.2, 0) is 17.8 Å². The zero-order valence-corrected chi connectivity index (χ0v) is 20.3. The average Bonchev–Trinajstić information content (AvgIpc) is 3.52. The molecule has 1 spiro atoms. The summed E-state index contributed by atoms with van der Waals surface area (Å²) in [7, 11) is 1.87. The van der Waals surface area contributed by atoms with Crippen molar-refractivity contribution in [1.29, 1.82) is 0 Å². The summed E-state index contributed by atoms with van der Waals surface area (Å²) in [6.45, 7) is 5.51. The van der Waals surface area contributed by atoms with Gasteiger partial charge in [-0.2, -0.15) is 0 Å². The van der Waals surface area contributed by atoms with Gasteiger partial charge in [-0.05, 0) is 36.1 Å². The van der Waals surface area contributed by atoms with Crippen molar-refractivity contribution in [3.05, 3.63) is 66.0 Å². The highest BCUT2D eigenvalue weighted by Gasteiger charge is 2.42. The van der Waals surface area contributed by atoms with Gasteiger partial charge in [0.1, 0.15) is 0 Å². The smallest absolute Gasteiger partial charge is 0.193 e. The van der Waals surface area contributed by atoms with Gasteiger partial charge in [0.15, 0.2) is 5.96 Å². The molecule has 2 aliphatic heterocycles. The predicted octanol–water partition coefficient (Wildman–Crippen LogP) is 3.89. The maximum Gasteiger partial charge on any atom is 0.193 e. The molecule has 0 aliphatic carbocycles. The number of halogens is 1. The Hall–Kier alpha value is -2.13. The van der Waals surface area contributed by atoms with E-state index >= 15 is 0 Å². The number of likely N-dealkylation sites (tertiary alicyclic amines) is 1. The van der Waals surface area contributed by atoms with Crippen molar-refractivity contribution < 1.29 is 4.74 Å². The quantitative estimate of drug-likeness (QED) is 0.316. The number of ether oxygens (including phenoxy) is 1. The van der Waals surface area contributed by atoms with E-state index in [4.69, 9.17) is 4.74 Å². The van der Waals surface area contributed by atoms with E-state index in [1.807, 2.05) is 19.4 Å². The highest BCUT2D eigenvalue weighted by atomic mass is 127. The van der Waals surface area contributed by atoms with Gasteiger partial charge in [-0.3, -0.25) is 4.99 Å². The van der Waals surface area contributed by atoms with Crippen molar-refractivity contribution in [3.8, 4) is 0 Å². The summed E-state index contributed by atoms with van der Waals surface area (Å²) in [5.41, 5.74) is 5.08. The second-order valence-electron chi connectivity index (χ2n) is 8.55. The van der Waals surface area contributed by atoms with Crippen molar-refractivity contribution >= 4 is 41.0 Å². The fraction of sp³-hybridized carbons (Fsp3) is 0.417. The number of imidazole rings is 1. The van der Waals surface area contributed by atoms with Crippen molar-refractivity contribution in [2.45, 2.75) is 25.9 Å². The first-order valence-corrected chi connectivity index (χ1v) is 10.8. The first kappa shape index (κ1) is 22.1. The molecule has 2 aliphatic rings. The molecule has 0 bridgehead atoms. The molecule has 2 saturated heterocycles. The van der Waals surface area contributed by atoms with Gasteiger partial charge in [-0.15, -0.1) is 24.0 Å². The molecule has 5 rings (SSSR count). The highest BCUT2D eigenvalue weighted by Crippen LogP contribution is 2.38. The zero-order chi connectivity index (χ0) is 20.4. The Balaban J connectivity index is 0.00000231. The zero-order valence-electron chi connectivity index (χ0n) is 18.0. The van der Waals surface area contributed by atoms with Crippen LogP contribution in [0.4, 0.5) is 0 Å². The maximum absolute atomic E-state index is 5.65. The lowest BCUT2D eigenvalue weighted by Crippen LogP contribution is -2.41. The molecule has 1 unspecified atom stereocenters. The summed E-state index contributed by atoms with van der Waals surface area (Å²) in [4.78, 5) is 11.4. The molecular formula is C24H30IN5O. The molecule has 31 heavy (non-hydrogen) atoms. The molecule has 1 aromatic heterocycles. The predicted molar refractivity (Wildman–Crippen MR) is 135 cm³/mol. The van der Waals surface area contributed by atoms with E-state index in [1.54, 1.807) is 0 Å². The number of fused-ring (bicyclic) bond motifs is 1. The van der Waals surface area contributed by atoms with Gasteiger partial charge in [0.05, 0.1) is 24.0 Å². The summed E-state index contributed by atoms with van der Waals surface area (Å²) < 4.78 is 7.85. The topological polar surface area (TPSA) is 54.7 Å². The van der Waals surface area contributed by atoms with Crippen LogP contribution in [0, 0.1) is 5.41 Å². The first-order chi connectivity index (χ1) is 14.7. The Labute approximate surface area is 200 Å². The average molecular weight is 531 g/mol. The van der Waals surface area contributed by atoms with Gasteiger partial charge >= 0.3 is 0 Å². The van der Waals surface area contributed by atoms with Crippen LogP contribution in [0.1, 0.15) is 24.0 Å². The lowest BCUT2D eigenvalue weighted by molar-refractivity contribution is 0.156. The molecule has 164 valence electrons. The number of hydrogen-bond acceptors (Lipinski definition) is 3. The largest absolute Gasteiger partial charge is 0.381 e. The van der Waals surface area contributed by atoms with Crippen LogP contribution in [0.15, 0.2) is 59.9 Å². The number of benzene rings is 2. The van der Waals surface area contributed by atoms with Crippen LogP contribution in [0.25, 0.3) is 11.0 Å². The number of aromatic nitrogens is 2. The normalized spacial score (nSPS) is 21.1. The third-order valence-corrected chi connectivity index (χ3v) is 6.49. The van der Waals surface area contributed by atoms with Gasteiger partial charge in [0.25, 0.3) is 0 Å². The summed E-state index contributed by atoms with van der Waals surface area (Å²) >= 11 is 0. The van der Waals surface area contributed by atoms with Crippen molar-refractivity contribution in [2.24, 2.45) is 10.4 Å². The van der Waals surface area contributed by atoms with Crippen LogP contribution in [0.2, 0.25) is 0 Å². The number of nitrogens with one attached hydrogen (secondary N) is 1. The summed E-state index contributed by atoms with van der Waals surface area (Å²) in [6, 6.07) is 17.1. The number of rotatable bonds is 4. The van der Waals surface area contributed by atoms with Crippen LogP contribution in [0.3, 0.4) is 0 Å². The minimum atomic E-state index is 0. The summed E-state index contributed by atoms with van der Waals surface area (Å²) in [6.07, 6.45) is 4.29.